The summed E-state index contributed by atoms with van der Waals surface area (Å²) in [6.45, 7) is 9.37. The molecule has 4 nitrogen and oxygen atoms in total. The zero-order valence-corrected chi connectivity index (χ0v) is 13.1. The Balaban J connectivity index is 2.80. The van der Waals surface area contributed by atoms with Crippen LogP contribution >= 0.6 is 7.60 Å². The molecule has 0 fully saturated rings. The summed E-state index contributed by atoms with van der Waals surface area (Å²) in [5, 5.41) is 3.95. The van der Waals surface area contributed by atoms with E-state index in [2.05, 4.69) is 19.2 Å². The van der Waals surface area contributed by atoms with E-state index in [0.29, 0.717) is 24.6 Å². The first-order valence-electron chi connectivity index (χ1n) is 6.73. The molecule has 1 aromatic rings. The number of rotatable bonds is 8. The first kappa shape index (κ1) is 16.4. The van der Waals surface area contributed by atoms with Crippen molar-refractivity contribution in [1.82, 2.24) is 5.32 Å². The molecule has 0 saturated carbocycles. The van der Waals surface area contributed by atoms with Gasteiger partial charge in [-0.05, 0) is 31.5 Å². The number of nitrogens with one attached hydrogen (secondary N) is 1. The van der Waals surface area contributed by atoms with E-state index < -0.39 is 7.60 Å². The molecule has 0 aliphatic rings. The molecule has 1 rings (SSSR count). The minimum absolute atomic E-state index is 0.369. The molecule has 0 heterocycles. The fourth-order valence-corrected chi connectivity index (χ4v) is 3.21. The van der Waals surface area contributed by atoms with E-state index in [4.69, 9.17) is 9.05 Å². The third-order valence-electron chi connectivity index (χ3n) is 2.57. The van der Waals surface area contributed by atoms with Crippen LogP contribution in [0.15, 0.2) is 24.3 Å². The van der Waals surface area contributed by atoms with Crippen molar-refractivity contribution in [1.29, 1.82) is 0 Å². The minimum Gasteiger partial charge on any atom is -0.310 e. The highest BCUT2D eigenvalue weighted by molar-refractivity contribution is 7.62. The van der Waals surface area contributed by atoms with Gasteiger partial charge in [0, 0.05) is 12.6 Å². The lowest BCUT2D eigenvalue weighted by atomic mass is 10.2. The van der Waals surface area contributed by atoms with Gasteiger partial charge in [0.25, 0.3) is 0 Å². The lowest BCUT2D eigenvalue weighted by Gasteiger charge is -2.17. The van der Waals surface area contributed by atoms with Gasteiger partial charge < -0.3 is 14.4 Å². The zero-order chi connectivity index (χ0) is 14.3. The molecule has 0 aliphatic carbocycles. The molecule has 1 aromatic carbocycles. The molecule has 0 aromatic heterocycles. The van der Waals surface area contributed by atoms with Crippen LogP contribution in [0.2, 0.25) is 0 Å². The summed E-state index contributed by atoms with van der Waals surface area (Å²) in [5.41, 5.74) is 1.15. The lowest BCUT2D eigenvalue weighted by molar-refractivity contribution is 0.230. The number of hydrogen-bond acceptors (Lipinski definition) is 4. The Kier molecular flexibility index (Phi) is 6.73. The minimum atomic E-state index is -3.15. The van der Waals surface area contributed by atoms with Crippen LogP contribution in [0.1, 0.15) is 33.3 Å². The Morgan fingerprint density at radius 1 is 1.11 bits per heavy atom. The second-order valence-electron chi connectivity index (χ2n) is 4.54. The zero-order valence-electron chi connectivity index (χ0n) is 12.2. The van der Waals surface area contributed by atoms with Gasteiger partial charge in [-0.3, -0.25) is 4.57 Å². The second kappa shape index (κ2) is 7.81. The average molecular weight is 285 g/mol. The summed E-state index contributed by atoms with van der Waals surface area (Å²) in [4.78, 5) is 0. The van der Waals surface area contributed by atoms with Gasteiger partial charge in [0.2, 0.25) is 0 Å². The Morgan fingerprint density at radius 2 is 1.63 bits per heavy atom. The number of benzene rings is 1. The van der Waals surface area contributed by atoms with Crippen molar-refractivity contribution in [3.05, 3.63) is 29.8 Å². The van der Waals surface area contributed by atoms with Gasteiger partial charge in [0.05, 0.1) is 18.5 Å². The van der Waals surface area contributed by atoms with E-state index in [1.807, 2.05) is 38.1 Å². The molecular weight excluding hydrogens is 261 g/mol. The van der Waals surface area contributed by atoms with E-state index in [-0.39, 0.29) is 0 Å². The first-order chi connectivity index (χ1) is 9.01. The van der Waals surface area contributed by atoms with Crippen LogP contribution in [-0.2, 0) is 20.2 Å². The SMILES string of the molecule is CCOP(=O)(OCC)c1ccc(CNC(C)C)cc1. The summed E-state index contributed by atoms with van der Waals surface area (Å²) in [6, 6.07) is 8.00. The lowest BCUT2D eigenvalue weighted by Crippen LogP contribution is -2.22. The third-order valence-corrected chi connectivity index (χ3v) is 4.69. The molecular formula is C14H24NO3P. The van der Waals surface area contributed by atoms with Crippen molar-refractivity contribution < 1.29 is 13.6 Å². The molecule has 5 heteroatoms. The van der Waals surface area contributed by atoms with Crippen molar-refractivity contribution in [3.63, 3.8) is 0 Å². The van der Waals surface area contributed by atoms with Gasteiger partial charge in [0.15, 0.2) is 0 Å². The molecule has 19 heavy (non-hydrogen) atoms. The monoisotopic (exact) mass is 285 g/mol. The van der Waals surface area contributed by atoms with Crippen LogP contribution in [0, 0.1) is 0 Å². The molecule has 0 bridgehead atoms. The van der Waals surface area contributed by atoms with Crippen LogP contribution in [0.4, 0.5) is 0 Å². The van der Waals surface area contributed by atoms with E-state index in [1.54, 1.807) is 0 Å². The molecule has 1 N–H and O–H groups in total. The normalized spacial score (nSPS) is 12.1. The number of hydrogen-bond donors (Lipinski definition) is 1. The van der Waals surface area contributed by atoms with Crippen molar-refractivity contribution in [2.45, 2.75) is 40.3 Å². The standard InChI is InChI=1S/C14H24NO3P/c1-5-17-19(16,18-6-2)14-9-7-13(8-10-14)11-15-12(3)4/h7-10,12,15H,5-6,11H2,1-4H3. The smallest absolute Gasteiger partial charge is 0.310 e. The Bertz CT molecular complexity index is 407. The van der Waals surface area contributed by atoms with E-state index >= 15 is 0 Å². The maximum absolute atomic E-state index is 12.5. The van der Waals surface area contributed by atoms with Gasteiger partial charge in [-0.1, -0.05) is 26.0 Å². The Hall–Kier alpha value is -0.670. The van der Waals surface area contributed by atoms with Crippen LogP contribution in [0.5, 0.6) is 0 Å². The van der Waals surface area contributed by atoms with E-state index in [9.17, 15) is 4.57 Å². The van der Waals surface area contributed by atoms with Gasteiger partial charge in [-0.15, -0.1) is 0 Å². The van der Waals surface area contributed by atoms with Crippen molar-refractivity contribution in [3.8, 4) is 0 Å². The highest BCUT2D eigenvalue weighted by Gasteiger charge is 2.26. The largest absolute Gasteiger partial charge is 0.361 e. The van der Waals surface area contributed by atoms with E-state index in [1.165, 1.54) is 0 Å². The summed E-state index contributed by atoms with van der Waals surface area (Å²) in [7, 11) is -3.15. The van der Waals surface area contributed by atoms with Crippen LogP contribution < -0.4 is 10.6 Å². The van der Waals surface area contributed by atoms with Crippen LogP contribution in [0.25, 0.3) is 0 Å². The molecule has 0 spiro atoms. The quantitative estimate of drug-likeness (QED) is 0.746. The van der Waals surface area contributed by atoms with Gasteiger partial charge in [0.1, 0.15) is 0 Å². The van der Waals surface area contributed by atoms with Crippen molar-refractivity contribution >= 4 is 12.9 Å². The maximum Gasteiger partial charge on any atom is 0.361 e. The summed E-state index contributed by atoms with van der Waals surface area (Å²) in [6.07, 6.45) is 0. The van der Waals surface area contributed by atoms with E-state index in [0.717, 1.165) is 12.1 Å². The summed E-state index contributed by atoms with van der Waals surface area (Å²) in [5.74, 6) is 0. The fraction of sp³-hybridized carbons (Fsp3) is 0.571. The summed E-state index contributed by atoms with van der Waals surface area (Å²) >= 11 is 0. The van der Waals surface area contributed by atoms with Crippen molar-refractivity contribution in [2.24, 2.45) is 0 Å². The molecule has 0 atom stereocenters. The van der Waals surface area contributed by atoms with Crippen LogP contribution in [0.3, 0.4) is 0 Å². The van der Waals surface area contributed by atoms with Gasteiger partial charge in [-0.25, -0.2) is 0 Å². The summed E-state index contributed by atoms with van der Waals surface area (Å²) < 4.78 is 23.2. The Morgan fingerprint density at radius 3 is 2.05 bits per heavy atom. The molecule has 0 radical (unpaired) electrons. The van der Waals surface area contributed by atoms with Crippen molar-refractivity contribution in [2.75, 3.05) is 13.2 Å². The molecule has 0 saturated heterocycles. The highest BCUT2D eigenvalue weighted by Crippen LogP contribution is 2.46. The predicted octanol–water partition coefficient (Wildman–Crippen LogP) is 3.08. The first-order valence-corrected chi connectivity index (χ1v) is 8.28. The average Bonchev–Trinajstić information content (AvgIpc) is 2.37. The Labute approximate surface area is 116 Å². The molecule has 0 amide bonds. The van der Waals surface area contributed by atoms with Gasteiger partial charge >= 0.3 is 7.60 Å². The molecule has 0 unspecified atom stereocenters. The van der Waals surface area contributed by atoms with Gasteiger partial charge in [-0.2, -0.15) is 0 Å². The molecule has 0 aliphatic heterocycles. The van der Waals surface area contributed by atoms with Crippen LogP contribution in [-0.4, -0.2) is 19.3 Å². The topological polar surface area (TPSA) is 47.6 Å². The second-order valence-corrected chi connectivity index (χ2v) is 6.56. The molecule has 108 valence electrons. The third kappa shape index (κ3) is 5.07. The predicted molar refractivity (Wildman–Crippen MR) is 78.9 cm³/mol. The maximum atomic E-state index is 12.5. The highest BCUT2D eigenvalue weighted by atomic mass is 31.2. The fourth-order valence-electron chi connectivity index (χ4n) is 1.64.